The van der Waals surface area contributed by atoms with E-state index in [0.717, 1.165) is 12.6 Å². The second-order valence-corrected chi connectivity index (χ2v) is 6.68. The Labute approximate surface area is 119 Å². The topological polar surface area (TPSA) is 32.5 Å². The number of hydrogen-bond donors (Lipinski definition) is 1. The molecule has 19 heavy (non-hydrogen) atoms. The number of nitrogens with two attached hydrogens (primary N) is 1. The van der Waals surface area contributed by atoms with Gasteiger partial charge in [0.05, 0.1) is 0 Å². The molecule has 1 saturated heterocycles. The van der Waals surface area contributed by atoms with Crippen LogP contribution in [0, 0.1) is 0 Å². The van der Waals surface area contributed by atoms with E-state index < -0.39 is 0 Å². The van der Waals surface area contributed by atoms with Crippen molar-refractivity contribution < 1.29 is 0 Å². The Morgan fingerprint density at radius 2 is 2.11 bits per heavy atom. The lowest BCUT2D eigenvalue weighted by Gasteiger charge is -2.44. The molecule has 1 aliphatic carbocycles. The Hall–Kier alpha value is -0.120. The molecule has 0 amide bonds. The molecule has 0 radical (unpaired) electrons. The van der Waals surface area contributed by atoms with E-state index in [1.165, 1.54) is 58.2 Å². The lowest BCUT2D eigenvalue weighted by atomic mass is 9.93. The zero-order valence-electron chi connectivity index (χ0n) is 13.2. The van der Waals surface area contributed by atoms with Crippen LogP contribution in [0.2, 0.25) is 0 Å². The second kappa shape index (κ2) is 6.55. The largest absolute Gasteiger partial charge is 0.329 e. The predicted octanol–water partition coefficient (Wildman–Crippen LogP) is 2.45. The highest BCUT2D eigenvalue weighted by Gasteiger charge is 2.46. The van der Waals surface area contributed by atoms with Gasteiger partial charge in [0.15, 0.2) is 0 Å². The first-order valence-corrected chi connectivity index (χ1v) is 8.37. The molecular weight excluding hydrogens is 234 g/mol. The molecule has 0 bridgehead atoms. The Kier molecular flexibility index (Phi) is 5.27. The van der Waals surface area contributed by atoms with Crippen LogP contribution in [-0.4, -0.2) is 53.6 Å². The molecule has 0 aromatic rings. The van der Waals surface area contributed by atoms with E-state index in [-0.39, 0.29) is 5.54 Å². The number of rotatable bonds is 8. The van der Waals surface area contributed by atoms with Crippen LogP contribution >= 0.6 is 0 Å². The molecule has 3 heteroatoms. The van der Waals surface area contributed by atoms with Crippen molar-refractivity contribution in [3.8, 4) is 0 Å². The summed E-state index contributed by atoms with van der Waals surface area (Å²) in [6, 6.07) is 1.55. The van der Waals surface area contributed by atoms with Crippen LogP contribution in [0.5, 0.6) is 0 Å². The summed E-state index contributed by atoms with van der Waals surface area (Å²) in [6.45, 7) is 11.5. The van der Waals surface area contributed by atoms with Crippen molar-refractivity contribution in [2.24, 2.45) is 5.73 Å². The van der Waals surface area contributed by atoms with Gasteiger partial charge in [-0.05, 0) is 45.6 Å². The van der Waals surface area contributed by atoms with E-state index >= 15 is 0 Å². The molecule has 2 N–H and O–H groups in total. The van der Waals surface area contributed by atoms with Crippen molar-refractivity contribution >= 4 is 0 Å². The minimum atomic E-state index is 0.257. The van der Waals surface area contributed by atoms with E-state index in [1.807, 2.05) is 0 Å². The summed E-state index contributed by atoms with van der Waals surface area (Å²) in [6.07, 6.45) is 7.91. The third-order valence-corrected chi connectivity index (χ3v) is 5.29. The quantitative estimate of drug-likeness (QED) is 0.733. The molecule has 1 heterocycles. The van der Waals surface area contributed by atoms with Gasteiger partial charge >= 0.3 is 0 Å². The summed E-state index contributed by atoms with van der Waals surface area (Å²) in [4.78, 5) is 5.45. The summed E-state index contributed by atoms with van der Waals surface area (Å²) < 4.78 is 0. The smallest absolute Gasteiger partial charge is 0.0473 e. The predicted molar refractivity (Wildman–Crippen MR) is 82.4 cm³/mol. The third-order valence-electron chi connectivity index (χ3n) is 5.29. The second-order valence-electron chi connectivity index (χ2n) is 6.68. The lowest BCUT2D eigenvalue weighted by Crippen LogP contribution is -2.59. The molecule has 0 spiro atoms. The fraction of sp³-hybridized carbons (Fsp3) is 1.00. The van der Waals surface area contributed by atoms with Crippen molar-refractivity contribution in [2.45, 2.75) is 76.9 Å². The molecule has 0 aromatic heterocycles. The lowest BCUT2D eigenvalue weighted by molar-refractivity contribution is 0.0555. The molecule has 2 unspecified atom stereocenters. The van der Waals surface area contributed by atoms with E-state index in [4.69, 9.17) is 5.73 Å². The van der Waals surface area contributed by atoms with E-state index in [0.29, 0.717) is 6.04 Å². The molecule has 0 aromatic carbocycles. The van der Waals surface area contributed by atoms with Crippen LogP contribution in [0.3, 0.4) is 0 Å². The van der Waals surface area contributed by atoms with Gasteiger partial charge in [0.25, 0.3) is 0 Å². The average molecular weight is 267 g/mol. The molecular formula is C16H33N3. The van der Waals surface area contributed by atoms with Gasteiger partial charge in [-0.15, -0.1) is 0 Å². The van der Waals surface area contributed by atoms with Crippen molar-refractivity contribution in [1.82, 2.24) is 9.80 Å². The van der Waals surface area contributed by atoms with Gasteiger partial charge in [-0.25, -0.2) is 0 Å². The van der Waals surface area contributed by atoms with Crippen molar-refractivity contribution in [3.63, 3.8) is 0 Å². The first kappa shape index (κ1) is 15.3. The SMILES string of the molecule is CCCCN(C(C)CC)C1(CN)CCN(C2CC2)C1. The summed E-state index contributed by atoms with van der Waals surface area (Å²) in [5.74, 6) is 0. The van der Waals surface area contributed by atoms with E-state index in [1.54, 1.807) is 0 Å². The first-order chi connectivity index (χ1) is 9.16. The van der Waals surface area contributed by atoms with Gasteiger partial charge < -0.3 is 5.73 Å². The van der Waals surface area contributed by atoms with Crippen LogP contribution in [-0.2, 0) is 0 Å². The monoisotopic (exact) mass is 267 g/mol. The Bertz CT molecular complexity index is 277. The van der Waals surface area contributed by atoms with Crippen molar-refractivity contribution in [3.05, 3.63) is 0 Å². The Balaban J connectivity index is 2.06. The van der Waals surface area contributed by atoms with Gasteiger partial charge in [0.1, 0.15) is 0 Å². The van der Waals surface area contributed by atoms with Gasteiger partial charge in [-0.3, -0.25) is 9.80 Å². The fourth-order valence-corrected chi connectivity index (χ4v) is 3.63. The van der Waals surface area contributed by atoms with Gasteiger partial charge in [0, 0.05) is 37.3 Å². The standard InChI is InChI=1S/C16H33N3/c1-4-6-10-19(14(3)5-2)16(12-17)9-11-18(13-16)15-7-8-15/h14-15H,4-13,17H2,1-3H3. The summed E-state index contributed by atoms with van der Waals surface area (Å²) >= 11 is 0. The number of hydrogen-bond acceptors (Lipinski definition) is 3. The van der Waals surface area contributed by atoms with Gasteiger partial charge in [-0.2, -0.15) is 0 Å². The molecule has 2 rings (SSSR count). The molecule has 2 atom stereocenters. The molecule has 2 aliphatic rings. The van der Waals surface area contributed by atoms with Gasteiger partial charge in [0.2, 0.25) is 0 Å². The van der Waals surface area contributed by atoms with Crippen LogP contribution in [0.15, 0.2) is 0 Å². The molecule has 1 aliphatic heterocycles. The van der Waals surface area contributed by atoms with Crippen LogP contribution in [0.25, 0.3) is 0 Å². The highest BCUT2D eigenvalue weighted by Crippen LogP contribution is 2.37. The van der Waals surface area contributed by atoms with Crippen molar-refractivity contribution in [2.75, 3.05) is 26.2 Å². The summed E-state index contributed by atoms with van der Waals surface area (Å²) in [5, 5.41) is 0. The maximum Gasteiger partial charge on any atom is 0.0473 e. The molecule has 2 fully saturated rings. The Morgan fingerprint density at radius 1 is 1.37 bits per heavy atom. The highest BCUT2D eigenvalue weighted by molar-refractivity contribution is 5.04. The van der Waals surface area contributed by atoms with Gasteiger partial charge in [-0.1, -0.05) is 20.3 Å². The van der Waals surface area contributed by atoms with Crippen molar-refractivity contribution in [1.29, 1.82) is 0 Å². The minimum Gasteiger partial charge on any atom is -0.329 e. The molecule has 3 nitrogen and oxygen atoms in total. The van der Waals surface area contributed by atoms with E-state index in [2.05, 4.69) is 30.6 Å². The zero-order chi connectivity index (χ0) is 13.9. The third kappa shape index (κ3) is 3.32. The average Bonchev–Trinajstić information content (AvgIpc) is 3.20. The molecule has 1 saturated carbocycles. The van der Waals surface area contributed by atoms with Crippen LogP contribution in [0.1, 0.15) is 59.3 Å². The Morgan fingerprint density at radius 3 is 2.63 bits per heavy atom. The number of likely N-dealkylation sites (tertiary alicyclic amines) is 1. The summed E-state index contributed by atoms with van der Waals surface area (Å²) in [5.41, 5.74) is 6.51. The highest BCUT2D eigenvalue weighted by atomic mass is 15.3. The normalized spacial score (nSPS) is 30.2. The van der Waals surface area contributed by atoms with E-state index in [9.17, 15) is 0 Å². The molecule has 112 valence electrons. The summed E-state index contributed by atoms with van der Waals surface area (Å²) in [7, 11) is 0. The minimum absolute atomic E-state index is 0.257. The fourth-order valence-electron chi connectivity index (χ4n) is 3.63. The maximum absolute atomic E-state index is 6.25. The van der Waals surface area contributed by atoms with Crippen LogP contribution in [0.4, 0.5) is 0 Å². The van der Waals surface area contributed by atoms with Crippen LogP contribution < -0.4 is 5.73 Å². The zero-order valence-corrected chi connectivity index (χ0v) is 13.2. The number of nitrogens with zero attached hydrogens (tertiary/aromatic N) is 2. The maximum atomic E-state index is 6.25. The first-order valence-electron chi connectivity index (χ1n) is 8.37. The number of unbranched alkanes of at least 4 members (excludes halogenated alkanes) is 1.